The van der Waals surface area contributed by atoms with Crippen LogP contribution < -0.4 is 0 Å². The van der Waals surface area contributed by atoms with Gasteiger partial charge in [-0.05, 0) is 33.1 Å². The van der Waals surface area contributed by atoms with E-state index in [9.17, 15) is 19.2 Å². The summed E-state index contributed by atoms with van der Waals surface area (Å²) in [6.07, 6.45) is 0.999. The van der Waals surface area contributed by atoms with Crippen LogP contribution in [0.1, 0.15) is 40.0 Å². The van der Waals surface area contributed by atoms with Crippen LogP contribution in [0, 0.1) is 23.2 Å². The predicted molar refractivity (Wildman–Crippen MR) is 79.5 cm³/mol. The Labute approximate surface area is 140 Å². The van der Waals surface area contributed by atoms with Gasteiger partial charge in [0, 0.05) is 11.8 Å². The van der Waals surface area contributed by atoms with Crippen molar-refractivity contribution < 1.29 is 33.4 Å². The average molecular weight is 338 g/mol. The Morgan fingerprint density at radius 1 is 1.25 bits per heavy atom. The molecule has 5 unspecified atom stereocenters. The van der Waals surface area contributed by atoms with Crippen LogP contribution in [0.5, 0.6) is 0 Å². The van der Waals surface area contributed by atoms with E-state index in [-0.39, 0.29) is 23.7 Å². The van der Waals surface area contributed by atoms with Crippen molar-refractivity contribution in [3.05, 3.63) is 0 Å². The highest BCUT2D eigenvalue weighted by molar-refractivity contribution is 6.34. The molecule has 7 heteroatoms. The van der Waals surface area contributed by atoms with Gasteiger partial charge in [0.15, 0.2) is 6.61 Å². The highest BCUT2D eigenvalue weighted by Gasteiger charge is 2.63. The number of esters is 3. The summed E-state index contributed by atoms with van der Waals surface area (Å²) in [5, 5.41) is 0. The average Bonchev–Trinajstić information content (AvgIpc) is 3.16. The van der Waals surface area contributed by atoms with E-state index in [4.69, 9.17) is 14.2 Å². The van der Waals surface area contributed by atoms with E-state index in [1.165, 1.54) is 0 Å². The summed E-state index contributed by atoms with van der Waals surface area (Å²) in [5.41, 5.74) is -0.706. The molecule has 0 aromatic rings. The van der Waals surface area contributed by atoms with Crippen LogP contribution in [0.15, 0.2) is 0 Å². The lowest BCUT2D eigenvalue weighted by molar-refractivity contribution is -0.170. The number of carbonyl (C=O) groups is 4. The maximum atomic E-state index is 12.0. The lowest BCUT2D eigenvalue weighted by Crippen LogP contribution is -2.39. The molecule has 0 spiro atoms. The molecular weight excluding hydrogens is 316 g/mol. The molecule has 0 N–H and O–H groups in total. The van der Waals surface area contributed by atoms with E-state index in [1.807, 2.05) is 6.92 Å². The molecule has 1 heterocycles. The van der Waals surface area contributed by atoms with Gasteiger partial charge in [-0.25, -0.2) is 4.79 Å². The maximum Gasteiger partial charge on any atom is 0.378 e. The fourth-order valence-electron chi connectivity index (χ4n) is 3.78. The van der Waals surface area contributed by atoms with Crippen LogP contribution in [-0.4, -0.2) is 42.5 Å². The van der Waals surface area contributed by atoms with Gasteiger partial charge in [0.25, 0.3) is 5.78 Å². The quantitative estimate of drug-likeness (QED) is 0.405. The lowest BCUT2D eigenvalue weighted by Gasteiger charge is -2.25. The minimum atomic E-state index is -1.03. The third-order valence-electron chi connectivity index (χ3n) is 5.66. The second-order valence-corrected chi connectivity index (χ2v) is 7.51. The van der Waals surface area contributed by atoms with Crippen molar-refractivity contribution >= 4 is 23.7 Å². The molecule has 3 fully saturated rings. The van der Waals surface area contributed by atoms with E-state index in [0.29, 0.717) is 12.8 Å². The Balaban J connectivity index is 1.52. The number of ketones is 1. The molecule has 1 saturated heterocycles. The Bertz CT molecular complexity index is 594. The fourth-order valence-corrected chi connectivity index (χ4v) is 3.78. The summed E-state index contributed by atoms with van der Waals surface area (Å²) < 4.78 is 15.5. The number of carbonyl (C=O) groups excluding carboxylic acids is 4. The van der Waals surface area contributed by atoms with Crippen molar-refractivity contribution in [2.75, 3.05) is 6.61 Å². The van der Waals surface area contributed by atoms with Gasteiger partial charge in [0.2, 0.25) is 0 Å². The van der Waals surface area contributed by atoms with Gasteiger partial charge in [0.1, 0.15) is 12.2 Å². The summed E-state index contributed by atoms with van der Waals surface area (Å²) in [6.45, 7) is 4.62. The molecular formula is C17H22O7. The van der Waals surface area contributed by atoms with Crippen molar-refractivity contribution in [2.24, 2.45) is 23.2 Å². The van der Waals surface area contributed by atoms with Crippen molar-refractivity contribution in [3.63, 3.8) is 0 Å². The summed E-state index contributed by atoms with van der Waals surface area (Å²) in [6, 6.07) is 0. The van der Waals surface area contributed by atoms with Crippen molar-refractivity contribution in [3.8, 4) is 0 Å². The molecule has 1 aliphatic heterocycles. The van der Waals surface area contributed by atoms with E-state index >= 15 is 0 Å². The van der Waals surface area contributed by atoms with E-state index in [2.05, 4.69) is 0 Å². The molecule has 132 valence electrons. The molecule has 2 bridgehead atoms. The van der Waals surface area contributed by atoms with Crippen LogP contribution in [0.4, 0.5) is 0 Å². The Kier molecular flexibility index (Phi) is 4.13. The number of fused-ring (bicyclic) bond motifs is 1. The zero-order chi connectivity index (χ0) is 17.6. The molecule has 0 radical (unpaired) electrons. The molecule has 2 aliphatic carbocycles. The zero-order valence-electron chi connectivity index (χ0n) is 14.1. The van der Waals surface area contributed by atoms with Gasteiger partial charge in [-0.1, -0.05) is 6.92 Å². The van der Waals surface area contributed by atoms with E-state index in [1.54, 1.807) is 13.8 Å². The standard InChI is InChI=1S/C17H22O7/c1-4-17(2,3)16(21)22-7-11(18)15(20)23-12-8-5-9-10(6-8)14(19)24-13(9)12/h8-10,12-13H,4-7H2,1-3H3. The van der Waals surface area contributed by atoms with Crippen LogP contribution in [0.2, 0.25) is 0 Å². The van der Waals surface area contributed by atoms with E-state index < -0.39 is 42.0 Å². The van der Waals surface area contributed by atoms with Gasteiger partial charge in [-0.15, -0.1) is 0 Å². The second-order valence-electron chi connectivity index (χ2n) is 7.51. The number of hydrogen-bond acceptors (Lipinski definition) is 7. The topological polar surface area (TPSA) is 96.0 Å². The maximum absolute atomic E-state index is 12.0. The smallest absolute Gasteiger partial charge is 0.378 e. The minimum absolute atomic E-state index is 0.0646. The summed E-state index contributed by atoms with van der Waals surface area (Å²) in [4.78, 5) is 47.3. The molecule has 3 rings (SSSR count). The second kappa shape index (κ2) is 5.86. The number of hydrogen-bond donors (Lipinski definition) is 0. The summed E-state index contributed by atoms with van der Waals surface area (Å²) >= 11 is 0. The van der Waals surface area contributed by atoms with Crippen LogP contribution >= 0.6 is 0 Å². The largest absolute Gasteiger partial charge is 0.458 e. The summed E-state index contributed by atoms with van der Waals surface area (Å²) in [5.74, 6) is -2.61. The number of ether oxygens (including phenoxy) is 3. The Hall–Kier alpha value is -1.92. The van der Waals surface area contributed by atoms with Gasteiger partial charge in [0.05, 0.1) is 11.3 Å². The first-order valence-corrected chi connectivity index (χ1v) is 8.36. The van der Waals surface area contributed by atoms with Crippen molar-refractivity contribution in [1.29, 1.82) is 0 Å². The SMILES string of the molecule is CCC(C)(C)C(=O)OCC(=O)C(=O)OC1C2CC3C(=O)OC1C3C2. The minimum Gasteiger partial charge on any atom is -0.458 e. The molecule has 5 atom stereocenters. The third kappa shape index (κ3) is 2.70. The first kappa shape index (κ1) is 16.9. The van der Waals surface area contributed by atoms with Gasteiger partial charge >= 0.3 is 17.9 Å². The van der Waals surface area contributed by atoms with Gasteiger partial charge in [-0.3, -0.25) is 14.4 Å². The van der Waals surface area contributed by atoms with Crippen LogP contribution in [0.3, 0.4) is 0 Å². The Morgan fingerprint density at radius 2 is 1.96 bits per heavy atom. The molecule has 0 aromatic heterocycles. The third-order valence-corrected chi connectivity index (χ3v) is 5.66. The van der Waals surface area contributed by atoms with Crippen LogP contribution in [-0.2, 0) is 33.4 Å². The summed E-state index contributed by atoms with van der Waals surface area (Å²) in [7, 11) is 0. The zero-order valence-corrected chi connectivity index (χ0v) is 14.1. The predicted octanol–water partition coefficient (Wildman–Crippen LogP) is 1.03. The van der Waals surface area contributed by atoms with Crippen LogP contribution in [0.25, 0.3) is 0 Å². The van der Waals surface area contributed by atoms with E-state index in [0.717, 1.165) is 6.42 Å². The number of rotatable bonds is 6. The first-order valence-electron chi connectivity index (χ1n) is 8.36. The molecule has 0 aromatic carbocycles. The first-order chi connectivity index (χ1) is 11.2. The molecule has 0 amide bonds. The fraction of sp³-hybridized carbons (Fsp3) is 0.765. The molecule has 7 nitrogen and oxygen atoms in total. The molecule has 2 saturated carbocycles. The normalized spacial score (nSPS) is 33.3. The van der Waals surface area contributed by atoms with Gasteiger partial charge in [-0.2, -0.15) is 0 Å². The van der Waals surface area contributed by atoms with Gasteiger partial charge < -0.3 is 14.2 Å². The monoisotopic (exact) mass is 338 g/mol. The van der Waals surface area contributed by atoms with Crippen molar-refractivity contribution in [2.45, 2.75) is 52.2 Å². The Morgan fingerprint density at radius 3 is 2.62 bits per heavy atom. The lowest BCUT2D eigenvalue weighted by atomic mass is 9.88. The molecule has 24 heavy (non-hydrogen) atoms. The number of Topliss-reactive ketones (excluding diaryl/α,β-unsaturated/α-hetero) is 1. The highest BCUT2D eigenvalue weighted by atomic mass is 16.6. The van der Waals surface area contributed by atoms with Crippen molar-refractivity contribution in [1.82, 2.24) is 0 Å². The molecule has 3 aliphatic rings. The highest BCUT2D eigenvalue weighted by Crippen LogP contribution is 2.55.